The molecule has 7 nitrogen and oxygen atoms in total. The van der Waals surface area contributed by atoms with Crippen molar-refractivity contribution in [1.82, 2.24) is 14.9 Å². The Morgan fingerprint density at radius 1 is 1.16 bits per heavy atom. The molecule has 0 spiro atoms. The summed E-state index contributed by atoms with van der Waals surface area (Å²) in [5.41, 5.74) is 7.50. The predicted molar refractivity (Wildman–Crippen MR) is 123 cm³/mol. The second-order valence-corrected chi connectivity index (χ2v) is 8.65. The normalized spacial score (nSPS) is 17.5. The van der Waals surface area contributed by atoms with Crippen LogP contribution in [0.2, 0.25) is 0 Å². The lowest BCUT2D eigenvalue weighted by Gasteiger charge is -2.33. The van der Waals surface area contributed by atoms with E-state index in [0.717, 1.165) is 40.4 Å². The summed E-state index contributed by atoms with van der Waals surface area (Å²) in [5.74, 6) is 1.58. The van der Waals surface area contributed by atoms with Crippen LogP contribution < -0.4 is 15.5 Å². The highest BCUT2D eigenvalue weighted by Gasteiger charge is 2.37. The Labute approximate surface area is 186 Å². The third kappa shape index (κ3) is 4.39. The van der Waals surface area contributed by atoms with Crippen LogP contribution in [0.5, 0.6) is 5.75 Å². The Bertz CT molecular complexity index is 1080. The Morgan fingerprint density at radius 2 is 1.94 bits per heavy atom. The lowest BCUT2D eigenvalue weighted by molar-refractivity contribution is -0.116. The van der Waals surface area contributed by atoms with Gasteiger partial charge >= 0.3 is 0 Å². The lowest BCUT2D eigenvalue weighted by Crippen LogP contribution is -2.41. The van der Waals surface area contributed by atoms with E-state index in [9.17, 15) is 4.79 Å². The minimum atomic E-state index is -0.417. The zero-order chi connectivity index (χ0) is 22.0. The van der Waals surface area contributed by atoms with Crippen molar-refractivity contribution in [2.24, 2.45) is 0 Å². The number of hydrogen-bond acceptors (Lipinski definition) is 6. The Balaban J connectivity index is 1.65. The van der Waals surface area contributed by atoms with E-state index in [1.165, 1.54) is 11.8 Å². The van der Waals surface area contributed by atoms with Gasteiger partial charge in [0.25, 0.3) is 0 Å². The first-order valence-corrected chi connectivity index (χ1v) is 11.4. The van der Waals surface area contributed by atoms with Crippen molar-refractivity contribution in [1.29, 1.82) is 0 Å². The number of thioether (sulfide) groups is 1. The number of rotatable bonds is 6. The summed E-state index contributed by atoms with van der Waals surface area (Å²) in [6.45, 7) is 8.65. The van der Waals surface area contributed by atoms with Gasteiger partial charge in [0.05, 0.1) is 12.6 Å². The summed E-state index contributed by atoms with van der Waals surface area (Å²) < 4.78 is 7.47. The number of hydrogen-bond donors (Lipinski definition) is 2. The van der Waals surface area contributed by atoms with Gasteiger partial charge < -0.3 is 15.5 Å². The molecule has 2 heterocycles. The number of carbonyl (C=O) groups excluding carboxylic acids is 1. The van der Waals surface area contributed by atoms with Crippen molar-refractivity contribution in [2.75, 3.05) is 17.3 Å². The molecule has 1 amide bonds. The largest absolute Gasteiger partial charge is 0.494 e. The van der Waals surface area contributed by atoms with Gasteiger partial charge in [-0.15, -0.1) is 10.2 Å². The van der Waals surface area contributed by atoms with Gasteiger partial charge in [0.2, 0.25) is 11.1 Å². The van der Waals surface area contributed by atoms with Crippen molar-refractivity contribution >= 4 is 23.4 Å². The Kier molecular flexibility index (Phi) is 6.18. The van der Waals surface area contributed by atoms with Crippen LogP contribution in [0.25, 0.3) is 0 Å². The van der Waals surface area contributed by atoms with Gasteiger partial charge in [0, 0.05) is 12.1 Å². The van der Waals surface area contributed by atoms with Crippen LogP contribution in [-0.4, -0.2) is 32.6 Å². The minimum Gasteiger partial charge on any atom is -0.494 e. The monoisotopic (exact) mass is 437 g/mol. The molecule has 1 aliphatic rings. The van der Waals surface area contributed by atoms with E-state index >= 15 is 0 Å². The molecule has 1 aromatic heterocycles. The summed E-state index contributed by atoms with van der Waals surface area (Å²) in [6.07, 6.45) is 0.746. The summed E-state index contributed by atoms with van der Waals surface area (Å²) in [5, 5.41) is 11.9. The van der Waals surface area contributed by atoms with Gasteiger partial charge in [-0.1, -0.05) is 48.5 Å². The molecule has 0 saturated carbocycles. The molecule has 2 atom stereocenters. The number of anilines is 1. The molecule has 8 heteroatoms. The standard InChI is InChI=1S/C23H27N5O2S/c1-5-19-25-26-23-28(19)27-20(16-8-10-17(11-9-16)30-6-2)21(31-23)22(29)24-18-12-7-14(3)13-15(18)4/h7-13,20-21,27H,5-6H2,1-4H3,(H,24,29)/t20-,21-/m1/s1. The van der Waals surface area contributed by atoms with Gasteiger partial charge in [-0.05, 0) is 50.1 Å². The molecule has 1 aliphatic heterocycles. The molecule has 0 aliphatic carbocycles. The molecule has 0 saturated heterocycles. The number of nitrogens with zero attached hydrogens (tertiary/aromatic N) is 3. The third-order valence-electron chi connectivity index (χ3n) is 5.27. The Morgan fingerprint density at radius 3 is 2.61 bits per heavy atom. The molecule has 3 aromatic rings. The first-order valence-electron chi connectivity index (χ1n) is 10.5. The summed E-state index contributed by atoms with van der Waals surface area (Å²) in [4.78, 5) is 13.4. The van der Waals surface area contributed by atoms with E-state index in [-0.39, 0.29) is 11.9 Å². The highest BCUT2D eigenvalue weighted by atomic mass is 32.2. The van der Waals surface area contributed by atoms with Crippen molar-refractivity contribution in [3.63, 3.8) is 0 Å². The van der Waals surface area contributed by atoms with E-state index in [4.69, 9.17) is 4.74 Å². The fraction of sp³-hybridized carbons (Fsp3) is 0.348. The molecule has 31 heavy (non-hydrogen) atoms. The SMILES string of the molecule is CCOc1ccc([C@H]2Nn3c(CC)nnc3S[C@H]2C(=O)Nc2ccc(C)cc2C)cc1. The maximum atomic E-state index is 13.4. The third-order valence-corrected chi connectivity index (χ3v) is 6.48. The average molecular weight is 438 g/mol. The summed E-state index contributed by atoms with van der Waals surface area (Å²) in [6, 6.07) is 13.6. The summed E-state index contributed by atoms with van der Waals surface area (Å²) >= 11 is 1.43. The van der Waals surface area contributed by atoms with Gasteiger partial charge in [-0.25, -0.2) is 4.68 Å². The number of fused-ring (bicyclic) bond motifs is 1. The topological polar surface area (TPSA) is 81.1 Å². The second-order valence-electron chi connectivity index (χ2n) is 7.54. The van der Waals surface area contributed by atoms with Crippen LogP contribution in [0.1, 0.15) is 42.4 Å². The average Bonchev–Trinajstić information content (AvgIpc) is 3.17. The van der Waals surface area contributed by atoms with Crippen LogP contribution in [0.4, 0.5) is 5.69 Å². The van der Waals surface area contributed by atoms with Crippen LogP contribution in [-0.2, 0) is 11.2 Å². The predicted octanol–water partition coefficient (Wildman–Crippen LogP) is 4.25. The second kappa shape index (κ2) is 9.01. The minimum absolute atomic E-state index is 0.0735. The van der Waals surface area contributed by atoms with Gasteiger partial charge in [0.15, 0.2) is 5.82 Å². The number of benzene rings is 2. The van der Waals surface area contributed by atoms with Crippen LogP contribution >= 0.6 is 11.8 Å². The van der Waals surface area contributed by atoms with Crippen molar-refractivity contribution in [3.8, 4) is 5.75 Å². The number of nitrogens with one attached hydrogen (secondary N) is 2. The van der Waals surface area contributed by atoms with Crippen LogP contribution in [0.15, 0.2) is 47.6 Å². The highest BCUT2D eigenvalue weighted by Crippen LogP contribution is 2.38. The fourth-order valence-electron chi connectivity index (χ4n) is 3.67. The number of amides is 1. The van der Waals surface area contributed by atoms with Gasteiger partial charge in [0.1, 0.15) is 11.0 Å². The number of carbonyl (C=O) groups is 1. The maximum Gasteiger partial charge on any atom is 0.240 e. The molecule has 2 aromatic carbocycles. The quantitative estimate of drug-likeness (QED) is 0.600. The molecule has 162 valence electrons. The molecule has 0 fully saturated rings. The van der Waals surface area contributed by atoms with Crippen molar-refractivity contribution < 1.29 is 9.53 Å². The molecule has 0 unspecified atom stereocenters. The Hall–Kier alpha value is -3.00. The van der Waals surface area contributed by atoms with Crippen molar-refractivity contribution in [3.05, 3.63) is 65.0 Å². The van der Waals surface area contributed by atoms with Crippen LogP contribution in [0.3, 0.4) is 0 Å². The van der Waals surface area contributed by atoms with Gasteiger partial charge in [-0.2, -0.15) is 0 Å². The van der Waals surface area contributed by atoms with Gasteiger partial charge in [-0.3, -0.25) is 4.79 Å². The number of ether oxygens (including phenoxy) is 1. The molecular weight excluding hydrogens is 410 g/mol. The number of aryl methyl sites for hydroxylation is 3. The first kappa shape index (κ1) is 21.2. The van der Waals surface area contributed by atoms with E-state index in [2.05, 4.69) is 27.0 Å². The lowest BCUT2D eigenvalue weighted by atomic mass is 10.0. The molecule has 0 bridgehead atoms. The van der Waals surface area contributed by atoms with E-state index in [1.807, 2.05) is 68.8 Å². The van der Waals surface area contributed by atoms with E-state index in [0.29, 0.717) is 11.8 Å². The summed E-state index contributed by atoms with van der Waals surface area (Å²) in [7, 11) is 0. The number of aromatic nitrogens is 3. The maximum absolute atomic E-state index is 13.4. The molecular formula is C23H27N5O2S. The fourth-order valence-corrected chi connectivity index (χ4v) is 4.77. The van der Waals surface area contributed by atoms with E-state index < -0.39 is 5.25 Å². The smallest absolute Gasteiger partial charge is 0.240 e. The van der Waals surface area contributed by atoms with Crippen molar-refractivity contribution in [2.45, 2.75) is 50.6 Å². The zero-order valence-electron chi connectivity index (χ0n) is 18.2. The molecule has 2 N–H and O–H groups in total. The molecule has 0 radical (unpaired) electrons. The zero-order valence-corrected chi connectivity index (χ0v) is 19.0. The first-order chi connectivity index (χ1) is 15.0. The van der Waals surface area contributed by atoms with E-state index in [1.54, 1.807) is 0 Å². The highest BCUT2D eigenvalue weighted by molar-refractivity contribution is 8.00. The molecule has 4 rings (SSSR count). The van der Waals surface area contributed by atoms with Crippen LogP contribution in [0, 0.1) is 13.8 Å².